The summed E-state index contributed by atoms with van der Waals surface area (Å²) in [4.78, 5) is 27.3. The molecule has 2 aromatic rings. The number of nitrogens with one attached hydrogen (secondary N) is 1. The number of carbonyl (C=O) groups excluding carboxylic acids is 2. The van der Waals surface area contributed by atoms with Gasteiger partial charge in [-0.1, -0.05) is 42.5 Å². The van der Waals surface area contributed by atoms with E-state index >= 15 is 0 Å². The fourth-order valence-corrected chi connectivity index (χ4v) is 5.07. The third-order valence-corrected chi connectivity index (χ3v) is 6.77. The summed E-state index contributed by atoms with van der Waals surface area (Å²) in [5, 5.41) is 3.16. The Morgan fingerprint density at radius 3 is 2.27 bits per heavy atom. The van der Waals surface area contributed by atoms with Crippen molar-refractivity contribution in [2.75, 3.05) is 13.7 Å². The minimum atomic E-state index is -0.366. The van der Waals surface area contributed by atoms with Gasteiger partial charge in [-0.2, -0.15) is 0 Å². The summed E-state index contributed by atoms with van der Waals surface area (Å²) in [5.74, 6) is 0.403. The van der Waals surface area contributed by atoms with Crippen molar-refractivity contribution in [2.24, 2.45) is 4.36 Å². The monoisotopic (exact) mass is 467 g/mol. The maximum atomic E-state index is 13.0. The molecule has 7 heteroatoms. The third-order valence-electron chi connectivity index (χ3n) is 6.61. The highest BCUT2D eigenvalue weighted by Crippen LogP contribution is 2.42. The molecule has 0 spiro atoms. The van der Waals surface area contributed by atoms with E-state index in [-0.39, 0.29) is 28.9 Å². The lowest BCUT2D eigenvalue weighted by Gasteiger charge is -2.47. The van der Waals surface area contributed by atoms with Crippen molar-refractivity contribution in [1.82, 2.24) is 10.2 Å². The number of benzene rings is 2. The lowest BCUT2D eigenvalue weighted by Crippen LogP contribution is -2.54. The number of para-hydroxylation sites is 1. The van der Waals surface area contributed by atoms with Crippen LogP contribution in [0.1, 0.15) is 62.4 Å². The van der Waals surface area contributed by atoms with Crippen LogP contribution in [0.3, 0.4) is 0 Å². The van der Waals surface area contributed by atoms with E-state index in [1.807, 2.05) is 56.0 Å². The summed E-state index contributed by atoms with van der Waals surface area (Å²) in [6.45, 7) is 6.54. The van der Waals surface area contributed by atoms with Crippen molar-refractivity contribution >= 4 is 24.4 Å². The highest BCUT2D eigenvalue weighted by molar-refractivity contribution is 7.47. The van der Waals surface area contributed by atoms with E-state index < -0.39 is 0 Å². The fraction of sp³-hybridized carbons (Fsp3) is 0.462. The maximum absolute atomic E-state index is 13.0. The number of methoxy groups -OCH3 is 1. The lowest BCUT2D eigenvalue weighted by molar-refractivity contribution is 0.0776. The molecular weight excluding hydrogens is 434 g/mol. The molecule has 0 heterocycles. The summed E-state index contributed by atoms with van der Waals surface area (Å²) < 4.78 is 8.89. The van der Waals surface area contributed by atoms with Gasteiger partial charge < -0.3 is 15.0 Å². The summed E-state index contributed by atoms with van der Waals surface area (Å²) >= 11 is 4.72. The van der Waals surface area contributed by atoms with Gasteiger partial charge in [0.15, 0.2) is 0 Å². The number of ether oxygens (including phenoxy) is 1. The number of hydrogen-bond donors (Lipinski definition) is 1. The maximum Gasteiger partial charge on any atom is 0.355 e. The zero-order valence-corrected chi connectivity index (χ0v) is 20.7. The predicted octanol–water partition coefficient (Wildman–Crippen LogP) is 5.26. The molecule has 1 fully saturated rings. The predicted molar refractivity (Wildman–Crippen MR) is 132 cm³/mol. The summed E-state index contributed by atoms with van der Waals surface area (Å²) in [6.07, 6.45) is 3.30. The van der Waals surface area contributed by atoms with Crippen molar-refractivity contribution in [3.8, 4) is 5.75 Å². The Labute approximate surface area is 201 Å². The molecule has 0 aromatic heterocycles. The zero-order chi connectivity index (χ0) is 24.1. The summed E-state index contributed by atoms with van der Waals surface area (Å²) in [5.41, 5.74) is 1.14. The first-order valence-corrected chi connectivity index (χ1v) is 11.7. The first-order chi connectivity index (χ1) is 15.7. The molecule has 3 amide bonds. The molecule has 176 valence electrons. The Morgan fingerprint density at radius 2 is 1.70 bits per heavy atom. The third kappa shape index (κ3) is 5.58. The van der Waals surface area contributed by atoms with Gasteiger partial charge >= 0.3 is 6.03 Å². The number of amides is 3. The Morgan fingerprint density at radius 1 is 1.09 bits per heavy atom. The van der Waals surface area contributed by atoms with Crippen LogP contribution < -0.4 is 10.1 Å². The number of hydrogen-bond acceptors (Lipinski definition) is 4. The molecule has 3 rings (SSSR count). The first-order valence-electron chi connectivity index (χ1n) is 11.4. The highest BCUT2D eigenvalue weighted by atomic mass is 32.1. The Bertz CT molecular complexity index is 980. The molecule has 1 saturated carbocycles. The van der Waals surface area contributed by atoms with E-state index in [1.165, 1.54) is 5.56 Å². The fourth-order valence-electron chi connectivity index (χ4n) is 4.98. The van der Waals surface area contributed by atoms with E-state index in [9.17, 15) is 9.59 Å². The van der Waals surface area contributed by atoms with Crippen LogP contribution in [0, 0.1) is 0 Å². The van der Waals surface area contributed by atoms with Crippen LogP contribution in [0.15, 0.2) is 59.0 Å². The van der Waals surface area contributed by atoms with Gasteiger partial charge in [0, 0.05) is 36.0 Å². The van der Waals surface area contributed by atoms with Gasteiger partial charge in [0.1, 0.15) is 5.75 Å². The molecule has 1 aliphatic carbocycles. The molecule has 0 saturated heterocycles. The first kappa shape index (κ1) is 24.8. The molecule has 1 aliphatic rings. The second-order valence-corrected chi connectivity index (χ2v) is 9.86. The largest absolute Gasteiger partial charge is 0.496 e. The van der Waals surface area contributed by atoms with E-state index in [4.69, 9.17) is 17.2 Å². The van der Waals surface area contributed by atoms with E-state index in [1.54, 1.807) is 19.2 Å². The number of rotatable bonds is 6. The van der Waals surface area contributed by atoms with E-state index in [0.717, 1.165) is 25.7 Å². The molecule has 0 radical (unpaired) electrons. The van der Waals surface area contributed by atoms with Gasteiger partial charge in [0.05, 0.1) is 12.7 Å². The standard InChI is InChI=1S/C26H33N3O3S/c1-25(2,3)29(24(31)28-33)20-14-16-26(17-15-20,19-10-6-5-7-11-19)18-27-23(30)21-12-8-9-13-22(21)32-4/h5-13,20H,14-18H2,1-4H3,(H,27,30). The minimum absolute atomic E-state index is 0.0611. The quantitative estimate of drug-likeness (QED) is 0.629. The Balaban J connectivity index is 1.82. The number of urea groups is 1. The van der Waals surface area contributed by atoms with Crippen LogP contribution in [-0.4, -0.2) is 42.1 Å². The molecule has 0 atom stereocenters. The normalized spacial score (nSPS) is 20.5. The molecule has 0 bridgehead atoms. The van der Waals surface area contributed by atoms with Gasteiger partial charge in [-0.05, 0) is 64.2 Å². The Hall–Kier alpha value is -2.80. The molecule has 0 aliphatic heterocycles. The number of nitrogens with zero attached hydrogens (tertiary/aromatic N) is 2. The van der Waals surface area contributed by atoms with Crippen LogP contribution in [-0.2, 0) is 17.8 Å². The van der Waals surface area contributed by atoms with Crippen LogP contribution in [0.2, 0.25) is 0 Å². The molecule has 1 N–H and O–H groups in total. The second kappa shape index (κ2) is 10.4. The molecule has 33 heavy (non-hydrogen) atoms. The highest BCUT2D eigenvalue weighted by Gasteiger charge is 2.42. The van der Waals surface area contributed by atoms with Crippen molar-refractivity contribution < 1.29 is 14.3 Å². The zero-order valence-electron chi connectivity index (χ0n) is 19.8. The van der Waals surface area contributed by atoms with Crippen molar-refractivity contribution in [3.05, 3.63) is 65.7 Å². The van der Waals surface area contributed by atoms with Gasteiger partial charge in [-0.15, -0.1) is 4.36 Å². The number of carbonyl (C=O) groups is 2. The van der Waals surface area contributed by atoms with Gasteiger partial charge in [-0.25, -0.2) is 4.79 Å². The molecule has 6 nitrogen and oxygen atoms in total. The summed E-state index contributed by atoms with van der Waals surface area (Å²) in [6, 6.07) is 17.3. The van der Waals surface area contributed by atoms with Crippen LogP contribution in [0.5, 0.6) is 5.75 Å². The minimum Gasteiger partial charge on any atom is -0.496 e. The lowest BCUT2D eigenvalue weighted by atomic mass is 9.67. The van der Waals surface area contributed by atoms with Gasteiger partial charge in [0.25, 0.3) is 5.91 Å². The van der Waals surface area contributed by atoms with Crippen molar-refractivity contribution in [3.63, 3.8) is 0 Å². The van der Waals surface area contributed by atoms with Gasteiger partial charge in [-0.3, -0.25) is 4.79 Å². The van der Waals surface area contributed by atoms with Crippen molar-refractivity contribution in [2.45, 2.75) is 63.5 Å². The average Bonchev–Trinajstić information content (AvgIpc) is 2.83. The van der Waals surface area contributed by atoms with Crippen LogP contribution in [0.25, 0.3) is 0 Å². The summed E-state index contributed by atoms with van der Waals surface area (Å²) in [7, 11) is 1.57. The van der Waals surface area contributed by atoms with Crippen molar-refractivity contribution in [1.29, 1.82) is 0 Å². The van der Waals surface area contributed by atoms with Crippen LogP contribution >= 0.6 is 0 Å². The second-order valence-electron chi connectivity index (χ2n) is 9.68. The molecule has 2 aromatic carbocycles. The van der Waals surface area contributed by atoms with E-state index in [0.29, 0.717) is 17.9 Å². The smallest absolute Gasteiger partial charge is 0.355 e. The Kier molecular flexibility index (Phi) is 7.84. The average molecular weight is 468 g/mol. The SMILES string of the molecule is COc1ccccc1C(=O)NCC1(c2ccccc2)CCC(N(C(=O)N=S)C(C)(C)C)CC1. The van der Waals surface area contributed by atoms with Crippen LogP contribution in [0.4, 0.5) is 4.79 Å². The topological polar surface area (TPSA) is 71.0 Å². The van der Waals surface area contributed by atoms with E-state index in [2.05, 4.69) is 21.8 Å². The molecular formula is C26H33N3O3S. The molecule has 0 unspecified atom stereocenters. The van der Waals surface area contributed by atoms with Gasteiger partial charge in [0.2, 0.25) is 0 Å².